The van der Waals surface area contributed by atoms with E-state index in [1.807, 2.05) is 0 Å². The number of unbranched alkanes of at least 4 members (excludes halogenated alkanes) is 50. The van der Waals surface area contributed by atoms with Crippen LogP contribution in [-0.4, -0.2) is 96.7 Å². The number of hydrogen-bond acceptors (Lipinski definition) is 15. The van der Waals surface area contributed by atoms with Crippen LogP contribution < -0.4 is 0 Å². The van der Waals surface area contributed by atoms with Crippen LogP contribution >= 0.6 is 15.6 Å². The Morgan fingerprint density at radius 2 is 0.460 bits per heavy atom. The van der Waals surface area contributed by atoms with Gasteiger partial charge in [0.15, 0.2) is 12.2 Å². The van der Waals surface area contributed by atoms with Crippen LogP contribution in [0.1, 0.15) is 413 Å². The van der Waals surface area contributed by atoms with Crippen LogP contribution in [0.15, 0.2) is 24.3 Å². The van der Waals surface area contributed by atoms with Crippen LogP contribution in [0.25, 0.3) is 0 Å². The van der Waals surface area contributed by atoms with Crippen molar-refractivity contribution in [3.63, 3.8) is 0 Å². The molecule has 0 fully saturated rings. The molecule has 0 saturated heterocycles. The predicted octanol–water partition coefficient (Wildman–Crippen LogP) is 24.1. The molecular formula is C81H154O17P2. The number of phosphoric ester groups is 2. The molecule has 2 unspecified atom stereocenters. The molecule has 0 rings (SSSR count). The number of carbonyl (C=O) groups is 4. The largest absolute Gasteiger partial charge is 0.472 e. The molecule has 0 aliphatic carbocycles. The number of hydrogen-bond donors (Lipinski definition) is 3. The molecule has 0 aliphatic heterocycles. The Balaban J connectivity index is 5.31. The number of carbonyl (C=O) groups excluding carboxylic acids is 4. The molecule has 3 N–H and O–H groups in total. The molecule has 17 nitrogen and oxygen atoms in total. The van der Waals surface area contributed by atoms with Crippen molar-refractivity contribution in [1.29, 1.82) is 0 Å². The van der Waals surface area contributed by atoms with Gasteiger partial charge < -0.3 is 33.8 Å². The first-order valence-electron chi connectivity index (χ1n) is 41.6. The number of phosphoric acid groups is 2. The lowest BCUT2D eigenvalue weighted by Gasteiger charge is -2.21. The fraction of sp³-hybridized carbons (Fsp3) is 0.901. The van der Waals surface area contributed by atoms with Crippen molar-refractivity contribution in [2.45, 2.75) is 431 Å². The van der Waals surface area contributed by atoms with Crippen molar-refractivity contribution in [2.24, 2.45) is 0 Å². The maximum absolute atomic E-state index is 13.1. The lowest BCUT2D eigenvalue weighted by atomic mass is 10.0. The van der Waals surface area contributed by atoms with Gasteiger partial charge in [-0.3, -0.25) is 37.3 Å². The lowest BCUT2D eigenvalue weighted by molar-refractivity contribution is -0.161. The summed E-state index contributed by atoms with van der Waals surface area (Å²) in [5.74, 6) is -2.14. The second kappa shape index (κ2) is 74.8. The Labute approximate surface area is 612 Å². The third-order valence-corrected chi connectivity index (χ3v) is 20.3. The SMILES string of the molecule is CCCCCCCC/C=C\CCCCCCCC(=O)OC[C@H](COP(=O)(O)OC[C@@H](O)COP(=O)(O)OC[C@@H](COC(=O)CCCCCCCCCCCCCCCCC)OC(=O)CCCCCCC/C=C\CCCCCCCC)OC(=O)CCCCCCCCCCCCCCCCC. The van der Waals surface area contributed by atoms with Crippen LogP contribution in [0, 0.1) is 0 Å². The van der Waals surface area contributed by atoms with Crippen molar-refractivity contribution < 1.29 is 80.2 Å². The highest BCUT2D eigenvalue weighted by Gasteiger charge is 2.30. The van der Waals surface area contributed by atoms with Crippen LogP contribution in [0.5, 0.6) is 0 Å². The third kappa shape index (κ3) is 73.8. The van der Waals surface area contributed by atoms with Crippen LogP contribution in [0.2, 0.25) is 0 Å². The molecule has 100 heavy (non-hydrogen) atoms. The number of ether oxygens (including phenoxy) is 4. The van der Waals surface area contributed by atoms with E-state index < -0.39 is 97.5 Å². The Kier molecular flexibility index (Phi) is 73.0. The molecule has 19 heteroatoms. The minimum atomic E-state index is -4.97. The number of allylic oxidation sites excluding steroid dienone is 4. The summed E-state index contributed by atoms with van der Waals surface area (Å²) in [4.78, 5) is 73.1. The molecule has 0 radical (unpaired) electrons. The topological polar surface area (TPSA) is 237 Å². The maximum Gasteiger partial charge on any atom is 0.472 e. The van der Waals surface area contributed by atoms with E-state index in [0.29, 0.717) is 25.7 Å². The molecule has 0 aromatic rings. The molecule has 5 atom stereocenters. The van der Waals surface area contributed by atoms with Gasteiger partial charge in [-0.15, -0.1) is 0 Å². The quantitative estimate of drug-likeness (QED) is 0.0169. The smallest absolute Gasteiger partial charge is 0.462 e. The fourth-order valence-corrected chi connectivity index (χ4v) is 13.6. The van der Waals surface area contributed by atoms with Crippen LogP contribution in [0.3, 0.4) is 0 Å². The van der Waals surface area contributed by atoms with Crippen LogP contribution in [-0.2, 0) is 65.4 Å². The number of aliphatic hydroxyl groups excluding tert-OH is 1. The summed E-state index contributed by atoms with van der Waals surface area (Å²) >= 11 is 0. The van der Waals surface area contributed by atoms with Gasteiger partial charge in [0.1, 0.15) is 19.3 Å². The standard InChI is InChI=1S/C81H154O17P2/c1-5-9-13-17-21-25-29-33-37-41-45-49-53-57-61-65-78(83)91-71-76(97-80(85)67-63-59-55-51-47-43-39-35-31-27-23-19-15-11-7-3)73-95-99(87,88)93-69-75(82)70-94-100(89,90)96-74-77(98-81(86)68-64-60-56-52-48-44-40-36-32-28-24-20-16-12-8-4)72-92-79(84)66-62-58-54-50-46-42-38-34-30-26-22-18-14-10-6-2/h33,36-37,40,75-77,82H,5-32,34-35,38-39,41-74H2,1-4H3,(H,87,88)(H,89,90)/b37-33-,40-36-/t75-,76-,77-/m1/s1. The second-order valence-corrected chi connectivity index (χ2v) is 31.3. The molecule has 0 aromatic carbocycles. The minimum Gasteiger partial charge on any atom is -0.462 e. The van der Waals surface area contributed by atoms with Gasteiger partial charge in [0, 0.05) is 25.7 Å². The van der Waals surface area contributed by atoms with Crippen molar-refractivity contribution in [3.05, 3.63) is 24.3 Å². The predicted molar refractivity (Wildman–Crippen MR) is 409 cm³/mol. The first kappa shape index (κ1) is 97.5. The van der Waals surface area contributed by atoms with E-state index in [-0.39, 0.29) is 25.7 Å². The number of rotatable bonds is 80. The van der Waals surface area contributed by atoms with E-state index in [9.17, 15) is 43.2 Å². The summed E-state index contributed by atoms with van der Waals surface area (Å²) in [7, 11) is -9.93. The fourth-order valence-electron chi connectivity index (χ4n) is 12.0. The third-order valence-electron chi connectivity index (χ3n) is 18.4. The molecule has 0 saturated carbocycles. The summed E-state index contributed by atoms with van der Waals surface area (Å²) in [5, 5.41) is 10.6. The summed E-state index contributed by atoms with van der Waals surface area (Å²) in [6.07, 6.45) is 70.0. The summed E-state index contributed by atoms with van der Waals surface area (Å²) < 4.78 is 68.7. The monoisotopic (exact) mass is 1460 g/mol. The van der Waals surface area contributed by atoms with Gasteiger partial charge in [-0.1, -0.05) is 335 Å². The van der Waals surface area contributed by atoms with E-state index in [1.165, 1.54) is 212 Å². The first-order chi connectivity index (χ1) is 48.7. The zero-order valence-corrected chi connectivity index (χ0v) is 66.5. The van der Waals surface area contributed by atoms with E-state index in [1.54, 1.807) is 0 Å². The Bertz CT molecular complexity index is 1990. The summed E-state index contributed by atoms with van der Waals surface area (Å²) in [6, 6.07) is 0. The molecule has 0 bridgehead atoms. The average Bonchev–Trinajstić information content (AvgIpc) is 1.01. The lowest BCUT2D eigenvalue weighted by Crippen LogP contribution is -2.30. The molecular weight excluding hydrogens is 1310 g/mol. The summed E-state index contributed by atoms with van der Waals surface area (Å²) in [5.41, 5.74) is 0. The molecule has 0 aromatic heterocycles. The van der Waals surface area contributed by atoms with Crippen molar-refractivity contribution in [1.82, 2.24) is 0 Å². The Morgan fingerprint density at radius 3 is 0.690 bits per heavy atom. The average molecular weight is 1460 g/mol. The van der Waals surface area contributed by atoms with Gasteiger partial charge in [0.05, 0.1) is 26.4 Å². The van der Waals surface area contributed by atoms with E-state index in [2.05, 4.69) is 52.0 Å². The van der Waals surface area contributed by atoms with Gasteiger partial charge in [0.25, 0.3) is 0 Å². The van der Waals surface area contributed by atoms with E-state index in [0.717, 1.165) is 122 Å². The molecule has 0 amide bonds. The zero-order valence-electron chi connectivity index (χ0n) is 64.7. The highest BCUT2D eigenvalue weighted by Crippen LogP contribution is 2.45. The maximum atomic E-state index is 13.1. The van der Waals surface area contributed by atoms with Gasteiger partial charge in [-0.25, -0.2) is 9.13 Å². The highest BCUT2D eigenvalue weighted by atomic mass is 31.2. The van der Waals surface area contributed by atoms with Crippen molar-refractivity contribution in [3.8, 4) is 0 Å². The van der Waals surface area contributed by atoms with Gasteiger partial charge in [-0.05, 0) is 77.0 Å². The Hall–Kier alpha value is -2.46. The highest BCUT2D eigenvalue weighted by molar-refractivity contribution is 7.47. The molecule has 0 aliphatic rings. The van der Waals surface area contributed by atoms with Gasteiger partial charge in [-0.2, -0.15) is 0 Å². The molecule has 590 valence electrons. The van der Waals surface area contributed by atoms with E-state index >= 15 is 0 Å². The zero-order chi connectivity index (χ0) is 73.2. The van der Waals surface area contributed by atoms with Gasteiger partial charge in [0.2, 0.25) is 0 Å². The molecule has 0 spiro atoms. The second-order valence-electron chi connectivity index (χ2n) is 28.4. The minimum absolute atomic E-state index is 0.0940. The van der Waals surface area contributed by atoms with Crippen LogP contribution in [0.4, 0.5) is 0 Å². The normalized spacial score (nSPS) is 13.9. The summed E-state index contributed by atoms with van der Waals surface area (Å²) in [6.45, 7) is 4.97. The number of aliphatic hydroxyl groups is 1. The first-order valence-corrected chi connectivity index (χ1v) is 44.6. The van der Waals surface area contributed by atoms with Crippen molar-refractivity contribution >= 4 is 39.5 Å². The molecule has 0 heterocycles. The van der Waals surface area contributed by atoms with Gasteiger partial charge >= 0.3 is 39.5 Å². The Morgan fingerprint density at radius 1 is 0.270 bits per heavy atom. The number of esters is 4. The van der Waals surface area contributed by atoms with E-state index in [4.69, 9.17) is 37.0 Å². The van der Waals surface area contributed by atoms with Crippen molar-refractivity contribution in [2.75, 3.05) is 39.6 Å².